The summed E-state index contributed by atoms with van der Waals surface area (Å²) in [5, 5.41) is 2.98. The molecule has 26 heavy (non-hydrogen) atoms. The van der Waals surface area contributed by atoms with Crippen molar-refractivity contribution in [3.8, 4) is 11.5 Å². The number of ether oxygens (including phenoxy) is 2. The van der Waals surface area contributed by atoms with E-state index < -0.39 is 0 Å². The van der Waals surface area contributed by atoms with Crippen LogP contribution in [0.4, 0.5) is 0 Å². The van der Waals surface area contributed by atoms with Gasteiger partial charge in [-0.05, 0) is 24.6 Å². The average Bonchev–Trinajstić information content (AvgIpc) is 3.09. The standard InChI is InChI=1S/C20H30N2O4/c1-6-9-21-19(23)17-12-22(20(24)13(2)3)11-16(17)15-10-14(25-4)7-8-18(15)26-5/h7-8,10,13,16-17H,6,9,11-12H2,1-5H3,(H,21,23)/t16-,17+/m1/s1. The number of nitrogens with one attached hydrogen (secondary N) is 1. The van der Waals surface area contributed by atoms with E-state index in [0.29, 0.717) is 31.1 Å². The maximum Gasteiger partial charge on any atom is 0.225 e. The average molecular weight is 362 g/mol. The molecular formula is C20H30N2O4. The molecule has 2 atom stereocenters. The third-order valence-electron chi connectivity index (χ3n) is 4.85. The molecule has 0 bridgehead atoms. The Morgan fingerprint density at radius 1 is 1.23 bits per heavy atom. The second kappa shape index (κ2) is 8.92. The minimum Gasteiger partial charge on any atom is -0.497 e. The van der Waals surface area contributed by atoms with Gasteiger partial charge in [-0.25, -0.2) is 0 Å². The largest absolute Gasteiger partial charge is 0.497 e. The summed E-state index contributed by atoms with van der Waals surface area (Å²) in [5.41, 5.74) is 0.905. The van der Waals surface area contributed by atoms with E-state index in [1.807, 2.05) is 39.0 Å². The van der Waals surface area contributed by atoms with Gasteiger partial charge in [-0.3, -0.25) is 9.59 Å². The Morgan fingerprint density at radius 2 is 1.96 bits per heavy atom. The van der Waals surface area contributed by atoms with Crippen LogP contribution in [-0.2, 0) is 9.59 Å². The molecule has 6 heteroatoms. The van der Waals surface area contributed by atoms with E-state index in [1.54, 1.807) is 19.1 Å². The Bertz CT molecular complexity index is 645. The smallest absolute Gasteiger partial charge is 0.225 e. The van der Waals surface area contributed by atoms with E-state index in [0.717, 1.165) is 12.0 Å². The minimum atomic E-state index is -0.301. The molecule has 0 spiro atoms. The molecule has 0 saturated carbocycles. The molecule has 1 aromatic carbocycles. The topological polar surface area (TPSA) is 67.9 Å². The Kier molecular flexibility index (Phi) is 6.89. The summed E-state index contributed by atoms with van der Waals surface area (Å²) < 4.78 is 10.9. The number of rotatable bonds is 7. The molecule has 1 N–H and O–H groups in total. The zero-order valence-electron chi connectivity index (χ0n) is 16.4. The van der Waals surface area contributed by atoms with Gasteiger partial charge in [-0.1, -0.05) is 20.8 Å². The Balaban J connectivity index is 2.38. The molecule has 1 saturated heterocycles. The number of benzene rings is 1. The van der Waals surface area contributed by atoms with E-state index in [4.69, 9.17) is 9.47 Å². The fourth-order valence-corrected chi connectivity index (χ4v) is 3.44. The highest BCUT2D eigenvalue weighted by atomic mass is 16.5. The van der Waals surface area contributed by atoms with E-state index >= 15 is 0 Å². The van der Waals surface area contributed by atoms with Crippen LogP contribution in [0.1, 0.15) is 38.7 Å². The molecule has 1 heterocycles. The highest BCUT2D eigenvalue weighted by molar-refractivity contribution is 5.84. The maximum atomic E-state index is 12.8. The molecule has 0 unspecified atom stereocenters. The molecule has 1 aliphatic heterocycles. The van der Waals surface area contributed by atoms with E-state index in [-0.39, 0.29) is 29.6 Å². The van der Waals surface area contributed by atoms with Crippen LogP contribution >= 0.6 is 0 Å². The fourth-order valence-electron chi connectivity index (χ4n) is 3.44. The summed E-state index contributed by atoms with van der Waals surface area (Å²) in [6.07, 6.45) is 0.875. The van der Waals surface area contributed by atoms with Crippen molar-refractivity contribution in [2.75, 3.05) is 33.9 Å². The van der Waals surface area contributed by atoms with Crippen LogP contribution < -0.4 is 14.8 Å². The Morgan fingerprint density at radius 3 is 2.54 bits per heavy atom. The van der Waals surface area contributed by atoms with Crippen molar-refractivity contribution in [2.24, 2.45) is 11.8 Å². The summed E-state index contributed by atoms with van der Waals surface area (Å²) in [6, 6.07) is 5.59. The zero-order valence-corrected chi connectivity index (χ0v) is 16.4. The van der Waals surface area contributed by atoms with Crippen LogP contribution in [0.25, 0.3) is 0 Å². The van der Waals surface area contributed by atoms with Gasteiger partial charge < -0.3 is 19.7 Å². The van der Waals surface area contributed by atoms with Crippen LogP contribution in [-0.4, -0.2) is 50.6 Å². The Hall–Kier alpha value is -2.24. The number of carbonyl (C=O) groups is 2. The normalized spacial score (nSPS) is 19.5. The molecule has 2 rings (SSSR count). The lowest BCUT2D eigenvalue weighted by Gasteiger charge is -2.21. The molecule has 144 valence electrons. The van der Waals surface area contributed by atoms with E-state index in [2.05, 4.69) is 5.32 Å². The molecule has 1 fully saturated rings. The second-order valence-corrected chi connectivity index (χ2v) is 7.01. The van der Waals surface area contributed by atoms with Crippen molar-refractivity contribution in [1.82, 2.24) is 10.2 Å². The molecule has 1 aliphatic rings. The number of hydrogen-bond acceptors (Lipinski definition) is 4. The van der Waals surface area contributed by atoms with Gasteiger partial charge >= 0.3 is 0 Å². The maximum absolute atomic E-state index is 12.8. The van der Waals surface area contributed by atoms with Crippen molar-refractivity contribution in [3.05, 3.63) is 23.8 Å². The third-order valence-corrected chi connectivity index (χ3v) is 4.85. The van der Waals surface area contributed by atoms with Crippen LogP contribution in [0, 0.1) is 11.8 Å². The lowest BCUT2D eigenvalue weighted by atomic mass is 9.87. The lowest BCUT2D eigenvalue weighted by molar-refractivity contribution is -0.133. The predicted octanol–water partition coefficient (Wildman–Crippen LogP) is 2.43. The zero-order chi connectivity index (χ0) is 19.3. The first-order chi connectivity index (χ1) is 12.4. The lowest BCUT2D eigenvalue weighted by Crippen LogP contribution is -2.36. The Labute approximate surface area is 155 Å². The van der Waals surface area contributed by atoms with Gasteiger partial charge in [-0.2, -0.15) is 0 Å². The van der Waals surface area contributed by atoms with Gasteiger partial charge in [0.05, 0.1) is 20.1 Å². The molecule has 0 aromatic heterocycles. The second-order valence-electron chi connectivity index (χ2n) is 7.01. The molecule has 0 radical (unpaired) electrons. The van der Waals surface area contributed by atoms with Crippen molar-refractivity contribution in [2.45, 2.75) is 33.1 Å². The SMILES string of the molecule is CCCNC(=O)[C@H]1CN(C(=O)C(C)C)C[C@@H]1c1cc(OC)ccc1OC. The summed E-state index contributed by atoms with van der Waals surface area (Å²) in [7, 11) is 3.23. The quantitative estimate of drug-likeness (QED) is 0.809. The number of amides is 2. The van der Waals surface area contributed by atoms with Gasteiger partial charge in [0.2, 0.25) is 11.8 Å². The highest BCUT2D eigenvalue weighted by Gasteiger charge is 2.41. The number of nitrogens with zero attached hydrogens (tertiary/aromatic N) is 1. The molecule has 1 aromatic rings. The number of hydrogen-bond donors (Lipinski definition) is 1. The summed E-state index contributed by atoms with van der Waals surface area (Å²) >= 11 is 0. The first kappa shape index (κ1) is 20.1. The van der Waals surface area contributed by atoms with Gasteiger partial charge in [0.25, 0.3) is 0 Å². The number of likely N-dealkylation sites (tertiary alicyclic amines) is 1. The number of carbonyl (C=O) groups excluding carboxylic acids is 2. The monoisotopic (exact) mass is 362 g/mol. The molecule has 2 amide bonds. The van der Waals surface area contributed by atoms with Gasteiger partial charge in [0, 0.05) is 37.0 Å². The van der Waals surface area contributed by atoms with Crippen LogP contribution in [0.3, 0.4) is 0 Å². The van der Waals surface area contributed by atoms with Crippen LogP contribution in [0.2, 0.25) is 0 Å². The van der Waals surface area contributed by atoms with Crippen molar-refractivity contribution < 1.29 is 19.1 Å². The van der Waals surface area contributed by atoms with Gasteiger partial charge in [0.15, 0.2) is 0 Å². The fraction of sp³-hybridized carbons (Fsp3) is 0.600. The third kappa shape index (κ3) is 4.29. The van der Waals surface area contributed by atoms with Gasteiger partial charge in [-0.15, -0.1) is 0 Å². The predicted molar refractivity (Wildman–Crippen MR) is 100 cm³/mol. The van der Waals surface area contributed by atoms with Gasteiger partial charge in [0.1, 0.15) is 11.5 Å². The van der Waals surface area contributed by atoms with E-state index in [1.165, 1.54) is 0 Å². The molecule has 6 nitrogen and oxygen atoms in total. The van der Waals surface area contributed by atoms with Crippen molar-refractivity contribution >= 4 is 11.8 Å². The minimum absolute atomic E-state index is 0.0132. The molecule has 0 aliphatic carbocycles. The summed E-state index contributed by atoms with van der Waals surface area (Å²) in [6.45, 7) is 7.35. The first-order valence-corrected chi connectivity index (χ1v) is 9.21. The van der Waals surface area contributed by atoms with Crippen molar-refractivity contribution in [3.63, 3.8) is 0 Å². The molecular weight excluding hydrogens is 332 g/mol. The number of methoxy groups -OCH3 is 2. The van der Waals surface area contributed by atoms with Crippen LogP contribution in [0.15, 0.2) is 18.2 Å². The van der Waals surface area contributed by atoms with Crippen molar-refractivity contribution in [1.29, 1.82) is 0 Å². The van der Waals surface area contributed by atoms with Crippen LogP contribution in [0.5, 0.6) is 11.5 Å². The first-order valence-electron chi connectivity index (χ1n) is 9.21. The van der Waals surface area contributed by atoms with E-state index in [9.17, 15) is 9.59 Å². The summed E-state index contributed by atoms with van der Waals surface area (Å²) in [4.78, 5) is 27.1. The highest BCUT2D eigenvalue weighted by Crippen LogP contribution is 2.39. The summed E-state index contributed by atoms with van der Waals surface area (Å²) in [5.74, 6) is 0.957.